The van der Waals surface area contributed by atoms with E-state index in [1.54, 1.807) is 11.4 Å². The van der Waals surface area contributed by atoms with E-state index in [0.717, 1.165) is 5.69 Å². The molecule has 2 rings (SSSR count). The van der Waals surface area contributed by atoms with E-state index in [0.29, 0.717) is 5.13 Å². The Hall–Kier alpha value is -1.79. The lowest BCUT2D eigenvalue weighted by molar-refractivity contribution is 0.102. The van der Waals surface area contributed by atoms with Crippen LogP contribution in [0.15, 0.2) is 29.6 Å². The predicted octanol–water partition coefficient (Wildman–Crippen LogP) is 2.55. The average molecular weight is 265 g/mol. The van der Waals surface area contributed by atoms with E-state index >= 15 is 0 Å². The quantitative estimate of drug-likeness (QED) is 0.896. The van der Waals surface area contributed by atoms with Crippen molar-refractivity contribution in [3.63, 3.8) is 0 Å². The van der Waals surface area contributed by atoms with E-state index < -0.39 is 5.82 Å². The first-order valence-electron chi connectivity index (χ1n) is 5.34. The second-order valence-corrected chi connectivity index (χ2v) is 4.69. The molecule has 1 aromatic carbocycles. The molecule has 0 spiro atoms. The van der Waals surface area contributed by atoms with Gasteiger partial charge in [0.2, 0.25) is 0 Å². The smallest absolute Gasteiger partial charge is 0.257 e. The van der Waals surface area contributed by atoms with Gasteiger partial charge in [0.1, 0.15) is 5.82 Å². The number of carbonyl (C=O) groups excluding carboxylic acids is 1. The van der Waals surface area contributed by atoms with Crippen LogP contribution in [-0.2, 0) is 0 Å². The van der Waals surface area contributed by atoms with Gasteiger partial charge in [0.25, 0.3) is 5.91 Å². The van der Waals surface area contributed by atoms with Gasteiger partial charge in [-0.25, -0.2) is 9.37 Å². The number of amides is 1. The summed E-state index contributed by atoms with van der Waals surface area (Å²) in [5, 5.41) is 4.85. The van der Waals surface area contributed by atoms with Crippen LogP contribution in [0.2, 0.25) is 0 Å². The Morgan fingerprint density at radius 1 is 1.56 bits per heavy atom. The molecule has 2 aromatic rings. The summed E-state index contributed by atoms with van der Waals surface area (Å²) in [5.41, 5.74) is 6.64. The maximum absolute atomic E-state index is 13.0. The molecular formula is C12H12FN3OS. The van der Waals surface area contributed by atoms with Gasteiger partial charge in [-0.1, -0.05) is 6.07 Å². The van der Waals surface area contributed by atoms with Crippen molar-refractivity contribution in [1.82, 2.24) is 4.98 Å². The number of nitrogens with one attached hydrogen (secondary N) is 1. The Morgan fingerprint density at radius 2 is 2.33 bits per heavy atom. The van der Waals surface area contributed by atoms with Gasteiger partial charge in [-0.2, -0.15) is 0 Å². The zero-order valence-electron chi connectivity index (χ0n) is 9.68. The molecule has 4 nitrogen and oxygen atoms in total. The molecule has 1 amide bonds. The lowest BCUT2D eigenvalue weighted by Gasteiger charge is -2.02. The minimum absolute atomic E-state index is 0.180. The number of nitrogens with zero attached hydrogens (tertiary/aromatic N) is 1. The first kappa shape index (κ1) is 12.7. The van der Waals surface area contributed by atoms with Crippen molar-refractivity contribution in [3.8, 4) is 0 Å². The third-order valence-corrected chi connectivity index (χ3v) is 3.07. The van der Waals surface area contributed by atoms with Crippen LogP contribution in [0.25, 0.3) is 0 Å². The maximum Gasteiger partial charge on any atom is 0.257 e. The summed E-state index contributed by atoms with van der Waals surface area (Å²) >= 11 is 1.29. The van der Waals surface area contributed by atoms with Crippen molar-refractivity contribution in [2.75, 3.05) is 5.32 Å². The Bertz CT molecular complexity index is 568. The van der Waals surface area contributed by atoms with E-state index in [4.69, 9.17) is 5.73 Å². The molecule has 1 aromatic heterocycles. The SMILES string of the molecule is CC(N)c1csc(NC(=O)c2cccc(F)c2)n1. The molecule has 1 unspecified atom stereocenters. The Kier molecular flexibility index (Phi) is 3.69. The van der Waals surface area contributed by atoms with E-state index in [2.05, 4.69) is 10.3 Å². The summed E-state index contributed by atoms with van der Waals surface area (Å²) < 4.78 is 13.0. The summed E-state index contributed by atoms with van der Waals surface area (Å²) in [6.07, 6.45) is 0. The number of hydrogen-bond acceptors (Lipinski definition) is 4. The molecule has 18 heavy (non-hydrogen) atoms. The molecule has 0 saturated carbocycles. The third kappa shape index (κ3) is 2.91. The molecule has 3 N–H and O–H groups in total. The average Bonchev–Trinajstić information content (AvgIpc) is 2.77. The number of hydrogen-bond donors (Lipinski definition) is 2. The minimum atomic E-state index is -0.446. The molecule has 0 fully saturated rings. The monoisotopic (exact) mass is 265 g/mol. The van der Waals surface area contributed by atoms with Gasteiger partial charge in [-0.3, -0.25) is 10.1 Å². The van der Waals surface area contributed by atoms with Gasteiger partial charge in [0.15, 0.2) is 5.13 Å². The number of aromatic nitrogens is 1. The zero-order valence-corrected chi connectivity index (χ0v) is 10.5. The molecule has 0 aliphatic carbocycles. The van der Waals surface area contributed by atoms with Crippen LogP contribution in [0.5, 0.6) is 0 Å². The first-order valence-corrected chi connectivity index (χ1v) is 6.22. The fourth-order valence-electron chi connectivity index (χ4n) is 1.35. The summed E-state index contributed by atoms with van der Waals surface area (Å²) in [5.74, 6) is -0.835. The van der Waals surface area contributed by atoms with E-state index in [1.807, 2.05) is 6.92 Å². The molecule has 0 radical (unpaired) electrons. The van der Waals surface area contributed by atoms with E-state index in [-0.39, 0.29) is 17.5 Å². The number of nitrogens with two attached hydrogens (primary N) is 1. The second-order valence-electron chi connectivity index (χ2n) is 3.83. The number of rotatable bonds is 3. The van der Waals surface area contributed by atoms with E-state index in [1.165, 1.54) is 29.5 Å². The molecule has 1 atom stereocenters. The van der Waals surface area contributed by atoms with E-state index in [9.17, 15) is 9.18 Å². The van der Waals surface area contributed by atoms with Crippen molar-refractivity contribution in [1.29, 1.82) is 0 Å². The number of anilines is 1. The summed E-state index contributed by atoms with van der Waals surface area (Å²) in [4.78, 5) is 16.0. The highest BCUT2D eigenvalue weighted by Gasteiger charge is 2.10. The lowest BCUT2D eigenvalue weighted by atomic mass is 10.2. The van der Waals surface area contributed by atoms with Crippen molar-refractivity contribution in [2.45, 2.75) is 13.0 Å². The number of thiazole rings is 1. The number of halogens is 1. The zero-order chi connectivity index (χ0) is 13.1. The van der Waals surface area contributed by atoms with Gasteiger partial charge < -0.3 is 5.73 Å². The molecule has 0 saturated heterocycles. The van der Waals surface area contributed by atoms with Gasteiger partial charge >= 0.3 is 0 Å². The van der Waals surface area contributed by atoms with Crippen LogP contribution in [0.4, 0.5) is 9.52 Å². The van der Waals surface area contributed by atoms with Gasteiger partial charge in [0.05, 0.1) is 5.69 Å². The maximum atomic E-state index is 13.0. The molecule has 0 bridgehead atoms. The molecule has 0 aliphatic heterocycles. The summed E-state index contributed by atoms with van der Waals surface area (Å²) in [7, 11) is 0. The second kappa shape index (κ2) is 5.24. The Labute approximate surface area is 108 Å². The highest BCUT2D eigenvalue weighted by Crippen LogP contribution is 2.19. The van der Waals surface area contributed by atoms with Gasteiger partial charge in [-0.15, -0.1) is 11.3 Å². The predicted molar refractivity (Wildman–Crippen MR) is 69.1 cm³/mol. The standard InChI is InChI=1S/C12H12FN3OS/c1-7(14)10-6-18-12(15-10)16-11(17)8-3-2-4-9(13)5-8/h2-7H,14H2,1H3,(H,15,16,17). The number of carbonyl (C=O) groups is 1. The normalized spacial score (nSPS) is 12.2. The highest BCUT2D eigenvalue weighted by molar-refractivity contribution is 7.14. The lowest BCUT2D eigenvalue weighted by Crippen LogP contribution is -2.12. The van der Waals surface area contributed by atoms with Crippen LogP contribution in [-0.4, -0.2) is 10.9 Å². The van der Waals surface area contributed by atoms with Gasteiger partial charge in [0, 0.05) is 17.0 Å². The van der Waals surface area contributed by atoms with Crippen LogP contribution in [0.1, 0.15) is 29.0 Å². The van der Waals surface area contributed by atoms with Crippen LogP contribution in [0, 0.1) is 5.82 Å². The van der Waals surface area contributed by atoms with Crippen LogP contribution < -0.4 is 11.1 Å². The Morgan fingerprint density at radius 3 is 2.94 bits per heavy atom. The topological polar surface area (TPSA) is 68.0 Å². The third-order valence-electron chi connectivity index (χ3n) is 2.30. The van der Waals surface area contributed by atoms with Crippen molar-refractivity contribution in [2.24, 2.45) is 5.73 Å². The summed E-state index contributed by atoms with van der Waals surface area (Å²) in [6, 6.07) is 5.31. The fraction of sp³-hybridized carbons (Fsp3) is 0.167. The molecular weight excluding hydrogens is 253 g/mol. The molecule has 94 valence electrons. The molecule has 6 heteroatoms. The van der Waals surface area contributed by atoms with Crippen molar-refractivity contribution in [3.05, 3.63) is 46.7 Å². The van der Waals surface area contributed by atoms with Crippen molar-refractivity contribution < 1.29 is 9.18 Å². The molecule has 1 heterocycles. The fourth-order valence-corrected chi connectivity index (χ4v) is 2.16. The highest BCUT2D eigenvalue weighted by atomic mass is 32.1. The first-order chi connectivity index (χ1) is 8.56. The minimum Gasteiger partial charge on any atom is -0.323 e. The van der Waals surface area contributed by atoms with Crippen LogP contribution in [0.3, 0.4) is 0 Å². The van der Waals surface area contributed by atoms with Crippen molar-refractivity contribution >= 4 is 22.4 Å². The molecule has 0 aliphatic rings. The largest absolute Gasteiger partial charge is 0.323 e. The Balaban J connectivity index is 2.11. The van der Waals surface area contributed by atoms with Gasteiger partial charge in [-0.05, 0) is 25.1 Å². The summed E-state index contributed by atoms with van der Waals surface area (Å²) in [6.45, 7) is 1.81. The van der Waals surface area contributed by atoms with Crippen LogP contribution >= 0.6 is 11.3 Å². The number of benzene rings is 1.